The van der Waals surface area contributed by atoms with Crippen LogP contribution in [0.15, 0.2) is 0 Å². The van der Waals surface area contributed by atoms with Crippen LogP contribution in [0.25, 0.3) is 0 Å². The van der Waals surface area contributed by atoms with Gasteiger partial charge in [-0.15, -0.1) is 0 Å². The van der Waals surface area contributed by atoms with Gasteiger partial charge in [-0.25, -0.2) is 5.06 Å². The molecule has 0 N–H and O–H groups in total. The Bertz CT molecular complexity index is 170. The molecule has 0 spiro atoms. The molecule has 1 aliphatic rings. The molecular formula is C11H21NO2. The molecule has 0 atom stereocenters. The third-order valence-electron chi connectivity index (χ3n) is 2.62. The molecule has 0 aliphatic carbocycles. The van der Waals surface area contributed by atoms with Gasteiger partial charge >= 0.3 is 0 Å². The van der Waals surface area contributed by atoms with Gasteiger partial charge in [-0.3, -0.25) is 9.63 Å². The molecule has 1 saturated heterocycles. The Hall–Kier alpha value is -0.570. The van der Waals surface area contributed by atoms with Crippen molar-refractivity contribution >= 4 is 5.91 Å². The summed E-state index contributed by atoms with van der Waals surface area (Å²) in [6, 6.07) is 0. The van der Waals surface area contributed by atoms with Crippen molar-refractivity contribution in [1.82, 2.24) is 5.06 Å². The highest BCUT2D eigenvalue weighted by molar-refractivity contribution is 5.77. The van der Waals surface area contributed by atoms with Crippen LogP contribution in [0.2, 0.25) is 0 Å². The molecule has 3 nitrogen and oxygen atoms in total. The minimum Gasteiger partial charge on any atom is -0.272 e. The van der Waals surface area contributed by atoms with Gasteiger partial charge in [-0.05, 0) is 19.3 Å². The quantitative estimate of drug-likeness (QED) is 0.680. The van der Waals surface area contributed by atoms with Crippen LogP contribution >= 0.6 is 0 Å². The highest BCUT2D eigenvalue weighted by Crippen LogP contribution is 2.19. The summed E-state index contributed by atoms with van der Waals surface area (Å²) >= 11 is 0. The molecule has 14 heavy (non-hydrogen) atoms. The van der Waals surface area contributed by atoms with Crippen LogP contribution in [-0.4, -0.2) is 24.1 Å². The zero-order valence-corrected chi connectivity index (χ0v) is 9.29. The van der Waals surface area contributed by atoms with Crippen LogP contribution in [0.4, 0.5) is 0 Å². The van der Waals surface area contributed by atoms with Gasteiger partial charge < -0.3 is 0 Å². The standard InChI is InChI=1S/C11H21NO2/c1-3-6-10(7-4-2)11(13)12-8-5-9-14-12/h10H,3-9H2,1-2H3. The van der Waals surface area contributed by atoms with Gasteiger partial charge in [0.15, 0.2) is 0 Å². The topological polar surface area (TPSA) is 29.5 Å². The van der Waals surface area contributed by atoms with Gasteiger partial charge in [-0.2, -0.15) is 0 Å². The van der Waals surface area contributed by atoms with Crippen LogP contribution in [0.3, 0.4) is 0 Å². The van der Waals surface area contributed by atoms with E-state index < -0.39 is 0 Å². The van der Waals surface area contributed by atoms with Gasteiger partial charge in [0.2, 0.25) is 5.91 Å². The van der Waals surface area contributed by atoms with E-state index in [4.69, 9.17) is 4.84 Å². The van der Waals surface area contributed by atoms with Crippen molar-refractivity contribution in [3.63, 3.8) is 0 Å². The molecule has 0 aromatic carbocycles. The Labute approximate surface area is 86.4 Å². The molecule has 0 radical (unpaired) electrons. The fourth-order valence-corrected chi connectivity index (χ4v) is 1.91. The monoisotopic (exact) mass is 199 g/mol. The highest BCUT2D eigenvalue weighted by Gasteiger charge is 2.26. The third kappa shape index (κ3) is 2.98. The lowest BCUT2D eigenvalue weighted by atomic mass is 9.97. The first-order valence-corrected chi connectivity index (χ1v) is 5.73. The molecule has 1 aliphatic heterocycles. The number of amides is 1. The van der Waals surface area contributed by atoms with E-state index in [-0.39, 0.29) is 11.8 Å². The lowest BCUT2D eigenvalue weighted by Gasteiger charge is -2.21. The van der Waals surface area contributed by atoms with Crippen molar-refractivity contribution in [1.29, 1.82) is 0 Å². The van der Waals surface area contributed by atoms with Gasteiger partial charge in [0, 0.05) is 5.92 Å². The van der Waals surface area contributed by atoms with E-state index in [0.717, 1.165) is 38.6 Å². The van der Waals surface area contributed by atoms with E-state index in [1.807, 2.05) is 0 Å². The fraction of sp³-hybridized carbons (Fsp3) is 0.909. The summed E-state index contributed by atoms with van der Waals surface area (Å²) in [5, 5.41) is 1.57. The molecule has 1 fully saturated rings. The van der Waals surface area contributed by atoms with Crippen molar-refractivity contribution in [3.8, 4) is 0 Å². The average Bonchev–Trinajstić information content (AvgIpc) is 2.69. The summed E-state index contributed by atoms with van der Waals surface area (Å²) in [5.41, 5.74) is 0. The Morgan fingerprint density at radius 1 is 1.36 bits per heavy atom. The Morgan fingerprint density at radius 2 is 2.00 bits per heavy atom. The summed E-state index contributed by atoms with van der Waals surface area (Å²) in [6.07, 6.45) is 5.12. The molecule has 1 amide bonds. The number of hydrogen-bond donors (Lipinski definition) is 0. The van der Waals surface area contributed by atoms with E-state index >= 15 is 0 Å². The maximum atomic E-state index is 11.9. The van der Waals surface area contributed by atoms with Crippen molar-refractivity contribution in [3.05, 3.63) is 0 Å². The van der Waals surface area contributed by atoms with E-state index in [9.17, 15) is 4.79 Å². The zero-order valence-electron chi connectivity index (χ0n) is 9.29. The second kappa shape index (κ2) is 6.02. The predicted molar refractivity (Wildman–Crippen MR) is 55.6 cm³/mol. The van der Waals surface area contributed by atoms with E-state index in [0.29, 0.717) is 6.61 Å². The molecular weight excluding hydrogens is 178 g/mol. The summed E-state index contributed by atoms with van der Waals surface area (Å²) in [4.78, 5) is 17.2. The normalized spacial score (nSPS) is 16.6. The first kappa shape index (κ1) is 11.5. The minimum absolute atomic E-state index is 0.183. The number of hydrogen-bond acceptors (Lipinski definition) is 2. The molecule has 82 valence electrons. The van der Waals surface area contributed by atoms with Gasteiger partial charge in [0.25, 0.3) is 0 Å². The molecule has 0 bridgehead atoms. The lowest BCUT2D eigenvalue weighted by Crippen LogP contribution is -2.32. The second-order valence-electron chi connectivity index (χ2n) is 3.90. The summed E-state index contributed by atoms with van der Waals surface area (Å²) < 4.78 is 0. The Kier molecular flexibility index (Phi) is 4.94. The van der Waals surface area contributed by atoms with Crippen LogP contribution < -0.4 is 0 Å². The summed E-state index contributed by atoms with van der Waals surface area (Å²) in [7, 11) is 0. The van der Waals surface area contributed by atoms with Gasteiger partial charge in [-0.1, -0.05) is 26.7 Å². The number of carbonyl (C=O) groups is 1. The summed E-state index contributed by atoms with van der Waals surface area (Å²) in [5.74, 6) is 0.384. The van der Waals surface area contributed by atoms with Crippen molar-refractivity contribution in [2.24, 2.45) is 5.92 Å². The number of hydroxylamine groups is 2. The molecule has 1 heterocycles. The number of rotatable bonds is 5. The van der Waals surface area contributed by atoms with Crippen LogP contribution in [0.1, 0.15) is 46.0 Å². The van der Waals surface area contributed by atoms with E-state index in [1.165, 1.54) is 0 Å². The molecule has 3 heteroatoms. The fourth-order valence-electron chi connectivity index (χ4n) is 1.91. The predicted octanol–water partition coefficient (Wildman–Crippen LogP) is 2.37. The highest BCUT2D eigenvalue weighted by atomic mass is 16.7. The average molecular weight is 199 g/mol. The maximum absolute atomic E-state index is 11.9. The first-order chi connectivity index (χ1) is 6.79. The second-order valence-corrected chi connectivity index (χ2v) is 3.90. The summed E-state index contributed by atoms with van der Waals surface area (Å²) in [6.45, 7) is 5.74. The van der Waals surface area contributed by atoms with Gasteiger partial charge in [0.05, 0.1) is 13.2 Å². The molecule has 0 saturated carbocycles. The van der Waals surface area contributed by atoms with E-state index in [2.05, 4.69) is 13.8 Å². The molecule has 0 aromatic rings. The molecule has 0 aromatic heterocycles. The number of nitrogens with zero attached hydrogens (tertiary/aromatic N) is 1. The van der Waals surface area contributed by atoms with Crippen molar-refractivity contribution < 1.29 is 9.63 Å². The third-order valence-corrected chi connectivity index (χ3v) is 2.62. The largest absolute Gasteiger partial charge is 0.272 e. The molecule has 1 rings (SSSR count). The number of carbonyl (C=O) groups excluding carboxylic acids is 1. The van der Waals surface area contributed by atoms with Crippen LogP contribution in [0.5, 0.6) is 0 Å². The smallest absolute Gasteiger partial charge is 0.249 e. The van der Waals surface area contributed by atoms with Gasteiger partial charge in [0.1, 0.15) is 0 Å². The minimum atomic E-state index is 0.183. The van der Waals surface area contributed by atoms with Crippen LogP contribution in [0, 0.1) is 5.92 Å². The van der Waals surface area contributed by atoms with Crippen LogP contribution in [-0.2, 0) is 9.63 Å². The lowest BCUT2D eigenvalue weighted by molar-refractivity contribution is -0.174. The maximum Gasteiger partial charge on any atom is 0.249 e. The van der Waals surface area contributed by atoms with Crippen molar-refractivity contribution in [2.75, 3.05) is 13.2 Å². The van der Waals surface area contributed by atoms with Crippen molar-refractivity contribution in [2.45, 2.75) is 46.0 Å². The van der Waals surface area contributed by atoms with E-state index in [1.54, 1.807) is 5.06 Å². The zero-order chi connectivity index (χ0) is 10.4. The Balaban J connectivity index is 2.43. The first-order valence-electron chi connectivity index (χ1n) is 5.73. The SMILES string of the molecule is CCCC(CCC)C(=O)N1CCCO1. The molecule has 0 unspecified atom stereocenters. The Morgan fingerprint density at radius 3 is 2.43 bits per heavy atom.